The van der Waals surface area contributed by atoms with Gasteiger partial charge in [0.1, 0.15) is 5.75 Å². The van der Waals surface area contributed by atoms with E-state index in [9.17, 15) is 9.59 Å². The van der Waals surface area contributed by atoms with Gasteiger partial charge in [-0.2, -0.15) is 5.10 Å². The van der Waals surface area contributed by atoms with Gasteiger partial charge in [0.15, 0.2) is 18.1 Å². The maximum atomic E-state index is 12.3. The number of anilines is 1. The number of nitrogens with zero attached hydrogens (tertiary/aromatic N) is 1. The zero-order valence-electron chi connectivity index (χ0n) is 18.0. The van der Waals surface area contributed by atoms with E-state index in [-0.39, 0.29) is 18.4 Å². The Morgan fingerprint density at radius 2 is 1.79 bits per heavy atom. The van der Waals surface area contributed by atoms with Gasteiger partial charge in [-0.25, -0.2) is 5.43 Å². The lowest BCUT2D eigenvalue weighted by Gasteiger charge is -2.13. The van der Waals surface area contributed by atoms with E-state index in [4.69, 9.17) is 14.2 Å². The highest BCUT2D eigenvalue weighted by Crippen LogP contribution is 2.36. The summed E-state index contributed by atoms with van der Waals surface area (Å²) in [7, 11) is 3.02. The molecule has 0 radical (unpaired) electrons. The molecule has 3 aromatic rings. The number of hydrogen-bond donors (Lipinski definition) is 2. The average molecular weight is 512 g/mol. The number of rotatable bonds is 9. The number of carbonyl (C=O) groups is 2. The highest BCUT2D eigenvalue weighted by atomic mass is 79.9. The normalized spacial score (nSPS) is 10.5. The number of ether oxygens (including phenoxy) is 3. The van der Waals surface area contributed by atoms with Crippen LogP contribution in [-0.2, 0) is 4.79 Å². The van der Waals surface area contributed by atoms with Crippen molar-refractivity contribution in [3.05, 3.63) is 82.3 Å². The van der Waals surface area contributed by atoms with Crippen LogP contribution in [0.15, 0.2) is 76.3 Å². The fourth-order valence-corrected chi connectivity index (χ4v) is 3.38. The van der Waals surface area contributed by atoms with Crippen LogP contribution in [0.5, 0.6) is 17.2 Å². The summed E-state index contributed by atoms with van der Waals surface area (Å²) in [4.78, 5) is 24.4. The van der Waals surface area contributed by atoms with E-state index in [1.54, 1.807) is 48.5 Å². The first kappa shape index (κ1) is 23.8. The molecule has 170 valence electrons. The van der Waals surface area contributed by atoms with E-state index in [1.165, 1.54) is 20.4 Å². The Labute approximate surface area is 199 Å². The van der Waals surface area contributed by atoms with E-state index < -0.39 is 0 Å². The SMILES string of the molecule is COc1cccc(C(=O)N/N=C/c2cc(Br)c(OCC(=O)Nc3ccccc3)c(OC)c2)c1. The van der Waals surface area contributed by atoms with Crippen molar-refractivity contribution in [3.8, 4) is 17.2 Å². The zero-order chi connectivity index (χ0) is 23.6. The van der Waals surface area contributed by atoms with E-state index in [0.29, 0.717) is 38.5 Å². The highest BCUT2D eigenvalue weighted by Gasteiger charge is 2.13. The molecule has 0 bridgehead atoms. The Morgan fingerprint density at radius 3 is 2.52 bits per heavy atom. The minimum absolute atomic E-state index is 0.201. The smallest absolute Gasteiger partial charge is 0.271 e. The second-order valence-electron chi connectivity index (χ2n) is 6.67. The Kier molecular flexibility index (Phi) is 8.43. The van der Waals surface area contributed by atoms with Crippen molar-refractivity contribution < 1.29 is 23.8 Å². The fourth-order valence-electron chi connectivity index (χ4n) is 2.80. The highest BCUT2D eigenvalue weighted by molar-refractivity contribution is 9.10. The van der Waals surface area contributed by atoms with Crippen LogP contribution in [0.25, 0.3) is 0 Å². The lowest BCUT2D eigenvalue weighted by Crippen LogP contribution is -2.20. The lowest BCUT2D eigenvalue weighted by molar-refractivity contribution is -0.118. The molecule has 0 spiro atoms. The molecule has 0 aromatic heterocycles. The van der Waals surface area contributed by atoms with Crippen molar-refractivity contribution in [1.82, 2.24) is 5.43 Å². The molecule has 0 unspecified atom stereocenters. The number of halogens is 1. The van der Waals surface area contributed by atoms with Crippen LogP contribution < -0.4 is 25.0 Å². The number of carbonyl (C=O) groups excluding carboxylic acids is 2. The quantitative estimate of drug-likeness (QED) is 0.330. The molecule has 0 aliphatic rings. The predicted octanol–water partition coefficient (Wildman–Crippen LogP) is 4.25. The van der Waals surface area contributed by atoms with Gasteiger partial charge in [-0.1, -0.05) is 24.3 Å². The zero-order valence-corrected chi connectivity index (χ0v) is 19.6. The largest absolute Gasteiger partial charge is 0.497 e. The second-order valence-corrected chi connectivity index (χ2v) is 7.52. The van der Waals surface area contributed by atoms with Gasteiger partial charge in [0.2, 0.25) is 0 Å². The molecular formula is C24H22BrN3O5. The molecule has 2 amide bonds. The van der Waals surface area contributed by atoms with Crippen molar-refractivity contribution in [2.24, 2.45) is 5.10 Å². The van der Waals surface area contributed by atoms with Gasteiger partial charge in [-0.3, -0.25) is 9.59 Å². The monoisotopic (exact) mass is 511 g/mol. The Bertz CT molecular complexity index is 1150. The molecule has 2 N–H and O–H groups in total. The van der Waals surface area contributed by atoms with Crippen LogP contribution in [-0.4, -0.2) is 38.9 Å². The molecule has 0 saturated carbocycles. The summed E-state index contributed by atoms with van der Waals surface area (Å²) in [5, 5.41) is 6.74. The van der Waals surface area contributed by atoms with Gasteiger partial charge < -0.3 is 19.5 Å². The standard InChI is InChI=1S/C24H22BrN3O5/c1-31-19-10-6-7-17(13-19)24(30)28-26-14-16-11-20(25)23(21(12-16)32-2)33-15-22(29)27-18-8-4-3-5-9-18/h3-14H,15H2,1-2H3,(H,27,29)(H,28,30)/b26-14+. The molecule has 8 nitrogen and oxygen atoms in total. The predicted molar refractivity (Wildman–Crippen MR) is 129 cm³/mol. The maximum Gasteiger partial charge on any atom is 0.271 e. The molecule has 0 aliphatic carbocycles. The van der Waals surface area contributed by atoms with Crippen LogP contribution in [0, 0.1) is 0 Å². The van der Waals surface area contributed by atoms with Gasteiger partial charge in [-0.05, 0) is 64.0 Å². The van der Waals surface area contributed by atoms with Gasteiger partial charge in [0.05, 0.1) is 24.9 Å². The van der Waals surface area contributed by atoms with Crippen molar-refractivity contribution in [2.75, 3.05) is 26.1 Å². The Hall–Kier alpha value is -3.85. The van der Waals surface area contributed by atoms with Crippen LogP contribution in [0.4, 0.5) is 5.69 Å². The van der Waals surface area contributed by atoms with E-state index in [0.717, 1.165) is 0 Å². The minimum Gasteiger partial charge on any atom is -0.497 e. The molecule has 0 atom stereocenters. The molecule has 0 heterocycles. The number of para-hydroxylation sites is 1. The Morgan fingerprint density at radius 1 is 1.00 bits per heavy atom. The van der Waals surface area contributed by atoms with Crippen LogP contribution in [0.1, 0.15) is 15.9 Å². The number of hydrogen-bond acceptors (Lipinski definition) is 6. The second kappa shape index (κ2) is 11.7. The van der Waals surface area contributed by atoms with Crippen LogP contribution in [0.3, 0.4) is 0 Å². The molecule has 3 aromatic carbocycles. The van der Waals surface area contributed by atoms with Gasteiger partial charge in [0, 0.05) is 11.3 Å². The van der Waals surface area contributed by atoms with Gasteiger partial charge in [0.25, 0.3) is 11.8 Å². The van der Waals surface area contributed by atoms with Crippen LogP contribution in [0.2, 0.25) is 0 Å². The summed E-state index contributed by atoms with van der Waals surface area (Å²) in [5.41, 5.74) is 4.21. The molecule has 0 saturated heterocycles. The van der Waals surface area contributed by atoms with E-state index in [1.807, 2.05) is 18.2 Å². The molecule has 0 fully saturated rings. The van der Waals surface area contributed by atoms with Crippen molar-refractivity contribution in [1.29, 1.82) is 0 Å². The molecular weight excluding hydrogens is 490 g/mol. The topological polar surface area (TPSA) is 98.3 Å². The molecule has 9 heteroatoms. The third-order valence-corrected chi connectivity index (χ3v) is 4.96. The first-order valence-electron chi connectivity index (χ1n) is 9.83. The van der Waals surface area contributed by atoms with Crippen LogP contribution >= 0.6 is 15.9 Å². The van der Waals surface area contributed by atoms with E-state index >= 15 is 0 Å². The summed E-state index contributed by atoms with van der Waals surface area (Å²) in [6.07, 6.45) is 1.47. The van der Waals surface area contributed by atoms with Crippen molar-refractivity contribution in [2.45, 2.75) is 0 Å². The number of nitrogens with one attached hydrogen (secondary N) is 2. The first-order valence-corrected chi connectivity index (χ1v) is 10.6. The van der Waals surface area contributed by atoms with E-state index in [2.05, 4.69) is 31.8 Å². The van der Waals surface area contributed by atoms with Gasteiger partial charge >= 0.3 is 0 Å². The summed E-state index contributed by atoms with van der Waals surface area (Å²) < 4.78 is 16.7. The van der Waals surface area contributed by atoms with Gasteiger partial charge in [-0.15, -0.1) is 0 Å². The minimum atomic E-state index is -0.374. The van der Waals surface area contributed by atoms with Crippen molar-refractivity contribution >= 4 is 39.6 Å². The summed E-state index contributed by atoms with van der Waals surface area (Å²) >= 11 is 3.43. The number of methoxy groups -OCH3 is 2. The Balaban J connectivity index is 1.63. The molecule has 0 aliphatic heterocycles. The van der Waals surface area contributed by atoms with Crippen molar-refractivity contribution in [3.63, 3.8) is 0 Å². The molecule has 33 heavy (non-hydrogen) atoms. The summed E-state index contributed by atoms with van der Waals surface area (Å²) in [6.45, 7) is -0.201. The number of benzene rings is 3. The first-order chi connectivity index (χ1) is 16.0. The third kappa shape index (κ3) is 6.81. The lowest BCUT2D eigenvalue weighted by atomic mass is 10.2. The summed E-state index contributed by atoms with van der Waals surface area (Å²) in [6, 6.07) is 19.2. The molecule has 3 rings (SSSR count). The number of hydrazone groups is 1. The maximum absolute atomic E-state index is 12.3. The summed E-state index contributed by atoms with van der Waals surface area (Å²) in [5.74, 6) is 0.672. The average Bonchev–Trinajstić information content (AvgIpc) is 2.83. The fraction of sp³-hybridized carbons (Fsp3) is 0.125. The number of amides is 2. The third-order valence-electron chi connectivity index (χ3n) is 4.37.